The van der Waals surface area contributed by atoms with E-state index in [1.165, 1.54) is 0 Å². The van der Waals surface area contributed by atoms with Gasteiger partial charge in [0.05, 0.1) is 17.7 Å². The van der Waals surface area contributed by atoms with Crippen molar-refractivity contribution in [3.05, 3.63) is 54.0 Å². The minimum absolute atomic E-state index is 0.0369. The molecular weight excluding hydrogens is 412 g/mol. The van der Waals surface area contributed by atoms with Gasteiger partial charge >= 0.3 is 0 Å². The molecule has 0 bridgehead atoms. The Hall–Kier alpha value is -3.02. The SMILES string of the molecule is CC[C@@H](C)N1C(=O)c2c(-n3cccc3)c3cc(C)ccc3n2C[C@@]1(C)C(=O)NC1CCCC1. The van der Waals surface area contributed by atoms with E-state index in [9.17, 15) is 9.59 Å². The van der Waals surface area contributed by atoms with Gasteiger partial charge in [0.25, 0.3) is 5.91 Å². The Bertz CT molecular complexity index is 1200. The highest BCUT2D eigenvalue weighted by Crippen LogP contribution is 2.39. The first-order valence-corrected chi connectivity index (χ1v) is 12.3. The summed E-state index contributed by atoms with van der Waals surface area (Å²) < 4.78 is 4.11. The number of nitrogens with one attached hydrogen (secondary N) is 1. The Morgan fingerprint density at radius 3 is 2.58 bits per heavy atom. The zero-order valence-corrected chi connectivity index (χ0v) is 20.1. The molecule has 6 heteroatoms. The van der Waals surface area contributed by atoms with E-state index < -0.39 is 5.54 Å². The highest BCUT2D eigenvalue weighted by molar-refractivity contribution is 6.09. The van der Waals surface area contributed by atoms with Gasteiger partial charge in [0.2, 0.25) is 5.91 Å². The predicted octanol–water partition coefficient (Wildman–Crippen LogP) is 4.81. The van der Waals surface area contributed by atoms with Gasteiger partial charge in [0, 0.05) is 29.9 Å². The van der Waals surface area contributed by atoms with Gasteiger partial charge in [-0.2, -0.15) is 0 Å². The monoisotopic (exact) mass is 446 g/mol. The van der Waals surface area contributed by atoms with Crippen LogP contribution in [0.2, 0.25) is 0 Å². The highest BCUT2D eigenvalue weighted by atomic mass is 16.2. The van der Waals surface area contributed by atoms with Crippen LogP contribution in [0.1, 0.15) is 68.9 Å². The van der Waals surface area contributed by atoms with E-state index in [1.54, 1.807) is 0 Å². The Labute approximate surface area is 195 Å². The number of benzene rings is 1. The summed E-state index contributed by atoms with van der Waals surface area (Å²) in [6.07, 6.45) is 9.11. The zero-order chi connectivity index (χ0) is 23.3. The van der Waals surface area contributed by atoms with Crippen molar-refractivity contribution < 1.29 is 9.59 Å². The number of aryl methyl sites for hydroxylation is 1. The lowest BCUT2D eigenvalue weighted by atomic mass is 9.91. The molecule has 1 aromatic carbocycles. The molecule has 5 rings (SSSR count). The van der Waals surface area contributed by atoms with E-state index in [1.807, 2.05) is 40.9 Å². The molecular formula is C27H34N4O2. The van der Waals surface area contributed by atoms with Crippen LogP contribution in [0.3, 0.4) is 0 Å². The van der Waals surface area contributed by atoms with Gasteiger partial charge in [0.1, 0.15) is 11.2 Å². The van der Waals surface area contributed by atoms with E-state index in [0.717, 1.165) is 54.3 Å². The molecule has 2 atom stereocenters. The van der Waals surface area contributed by atoms with Crippen molar-refractivity contribution >= 4 is 22.7 Å². The second-order valence-corrected chi connectivity index (χ2v) is 10.1. The minimum Gasteiger partial charge on any atom is -0.351 e. The fourth-order valence-corrected chi connectivity index (χ4v) is 5.76. The van der Waals surface area contributed by atoms with Crippen molar-refractivity contribution in [3.63, 3.8) is 0 Å². The maximum atomic E-state index is 14.3. The van der Waals surface area contributed by atoms with E-state index >= 15 is 0 Å². The number of nitrogens with zero attached hydrogens (tertiary/aromatic N) is 3. The number of carbonyl (C=O) groups is 2. The van der Waals surface area contributed by atoms with Gasteiger partial charge < -0.3 is 19.4 Å². The number of fused-ring (bicyclic) bond motifs is 3. The second kappa shape index (κ2) is 8.08. The maximum Gasteiger partial charge on any atom is 0.273 e. The second-order valence-electron chi connectivity index (χ2n) is 10.1. The van der Waals surface area contributed by atoms with E-state index in [-0.39, 0.29) is 23.9 Å². The first kappa shape index (κ1) is 21.8. The van der Waals surface area contributed by atoms with Gasteiger partial charge in [-0.25, -0.2) is 0 Å². The van der Waals surface area contributed by atoms with Crippen molar-refractivity contribution in [1.29, 1.82) is 0 Å². The maximum absolute atomic E-state index is 14.3. The van der Waals surface area contributed by atoms with Gasteiger partial charge in [-0.1, -0.05) is 31.4 Å². The molecule has 1 N–H and O–H groups in total. The van der Waals surface area contributed by atoms with Crippen LogP contribution in [0.4, 0.5) is 0 Å². The Balaban J connectivity index is 1.70. The molecule has 33 heavy (non-hydrogen) atoms. The molecule has 3 aromatic rings. The van der Waals surface area contributed by atoms with Crippen LogP contribution in [-0.4, -0.2) is 43.5 Å². The van der Waals surface area contributed by atoms with Crippen LogP contribution in [0.5, 0.6) is 0 Å². The largest absolute Gasteiger partial charge is 0.351 e. The van der Waals surface area contributed by atoms with Crippen LogP contribution in [-0.2, 0) is 11.3 Å². The number of aromatic nitrogens is 2. The Morgan fingerprint density at radius 1 is 1.21 bits per heavy atom. The molecule has 174 valence electrons. The number of amides is 2. The lowest BCUT2D eigenvalue weighted by molar-refractivity contribution is -0.134. The average Bonchev–Trinajstić information content (AvgIpc) is 3.54. The molecule has 0 radical (unpaired) electrons. The molecule has 0 spiro atoms. The predicted molar refractivity (Wildman–Crippen MR) is 131 cm³/mol. The molecule has 1 saturated carbocycles. The number of hydrogen-bond donors (Lipinski definition) is 1. The van der Waals surface area contributed by atoms with Gasteiger partial charge in [0.15, 0.2) is 0 Å². The molecule has 2 amide bonds. The van der Waals surface area contributed by atoms with Crippen molar-refractivity contribution in [1.82, 2.24) is 19.4 Å². The smallest absolute Gasteiger partial charge is 0.273 e. The molecule has 2 aliphatic rings. The van der Waals surface area contributed by atoms with Crippen molar-refractivity contribution in [2.24, 2.45) is 0 Å². The van der Waals surface area contributed by atoms with Gasteiger partial charge in [-0.3, -0.25) is 9.59 Å². The number of carbonyl (C=O) groups excluding carboxylic acids is 2. The van der Waals surface area contributed by atoms with Crippen LogP contribution < -0.4 is 5.32 Å². The molecule has 1 fully saturated rings. The number of hydrogen-bond acceptors (Lipinski definition) is 2. The molecule has 1 aliphatic carbocycles. The third-order valence-electron chi connectivity index (χ3n) is 7.69. The van der Waals surface area contributed by atoms with Crippen molar-refractivity contribution in [3.8, 4) is 5.69 Å². The molecule has 6 nitrogen and oxygen atoms in total. The molecule has 0 saturated heterocycles. The fraction of sp³-hybridized carbons (Fsp3) is 0.481. The Morgan fingerprint density at radius 2 is 1.91 bits per heavy atom. The van der Waals surface area contributed by atoms with E-state index in [4.69, 9.17) is 0 Å². The standard InChI is InChI=1S/C27H34N4O2/c1-5-19(3)31-25(32)24-23(29-14-8-9-15-29)21-16-18(2)12-13-22(21)30(24)17-27(31,4)26(33)28-20-10-6-7-11-20/h8-9,12-16,19-20H,5-7,10-11,17H2,1-4H3,(H,28,33)/t19-,27+/m1/s1. The average molecular weight is 447 g/mol. The van der Waals surface area contributed by atoms with Crippen LogP contribution in [0, 0.1) is 6.92 Å². The first-order valence-electron chi connectivity index (χ1n) is 12.3. The van der Waals surface area contributed by atoms with E-state index in [2.05, 4.69) is 48.9 Å². The third-order valence-corrected chi connectivity index (χ3v) is 7.69. The fourth-order valence-electron chi connectivity index (χ4n) is 5.76. The normalized spacial score (nSPS) is 22.1. The molecule has 1 aliphatic heterocycles. The zero-order valence-electron chi connectivity index (χ0n) is 20.1. The quantitative estimate of drug-likeness (QED) is 0.611. The molecule has 0 unspecified atom stereocenters. The van der Waals surface area contributed by atoms with Crippen LogP contribution in [0.15, 0.2) is 42.7 Å². The molecule has 3 heterocycles. The van der Waals surface area contributed by atoms with Crippen molar-refractivity contribution in [2.75, 3.05) is 0 Å². The van der Waals surface area contributed by atoms with Crippen LogP contribution >= 0.6 is 0 Å². The Kier molecular flexibility index (Phi) is 5.34. The summed E-state index contributed by atoms with van der Waals surface area (Å²) in [7, 11) is 0. The summed E-state index contributed by atoms with van der Waals surface area (Å²) in [5, 5.41) is 4.33. The van der Waals surface area contributed by atoms with Crippen LogP contribution in [0.25, 0.3) is 16.6 Å². The first-order chi connectivity index (χ1) is 15.8. The summed E-state index contributed by atoms with van der Waals surface area (Å²) in [5.41, 5.74) is 2.75. The summed E-state index contributed by atoms with van der Waals surface area (Å²) in [4.78, 5) is 29.9. The summed E-state index contributed by atoms with van der Waals surface area (Å²) in [5.74, 6) is -0.109. The minimum atomic E-state index is -0.951. The highest BCUT2D eigenvalue weighted by Gasteiger charge is 2.50. The summed E-state index contributed by atoms with van der Waals surface area (Å²) in [6.45, 7) is 8.59. The lowest BCUT2D eigenvalue weighted by Crippen LogP contribution is -2.66. The number of rotatable bonds is 5. The lowest BCUT2D eigenvalue weighted by Gasteiger charge is -2.47. The summed E-state index contributed by atoms with van der Waals surface area (Å²) >= 11 is 0. The third kappa shape index (κ3) is 3.38. The van der Waals surface area contributed by atoms with Gasteiger partial charge in [-0.05, 0) is 64.3 Å². The topological polar surface area (TPSA) is 59.3 Å². The molecule has 2 aromatic heterocycles. The van der Waals surface area contributed by atoms with Crippen molar-refractivity contribution in [2.45, 2.75) is 84.0 Å². The summed E-state index contributed by atoms with van der Waals surface area (Å²) in [6, 6.07) is 10.4. The van der Waals surface area contributed by atoms with E-state index in [0.29, 0.717) is 12.2 Å². The van der Waals surface area contributed by atoms with Gasteiger partial charge in [-0.15, -0.1) is 0 Å².